The quantitative estimate of drug-likeness (QED) is 0.0184. The molecule has 29 heteroatoms. The maximum absolute atomic E-state index is 13.0. The van der Waals surface area contributed by atoms with Crippen molar-refractivity contribution in [3.05, 3.63) is 244 Å². The lowest BCUT2D eigenvalue weighted by Crippen LogP contribution is -2.45. The number of amides is 6. The molecule has 4 atom stereocenters. The van der Waals surface area contributed by atoms with Crippen LogP contribution in [0.2, 0.25) is 0 Å². The Hall–Kier alpha value is -13.3. The number of anilines is 5. The van der Waals surface area contributed by atoms with Crippen molar-refractivity contribution in [1.29, 1.82) is 0 Å². The molecule has 0 bridgehead atoms. The number of nitrogens with zero attached hydrogens (tertiary/aromatic N) is 4. The minimum atomic E-state index is -1.14. The molecule has 8 heterocycles. The summed E-state index contributed by atoms with van der Waals surface area (Å²) in [6.07, 6.45) is 7.28. The molecule has 110 heavy (non-hydrogen) atoms. The number of ketones is 3. The summed E-state index contributed by atoms with van der Waals surface area (Å²) < 4.78 is 21.2. The van der Waals surface area contributed by atoms with Crippen LogP contribution in [0.1, 0.15) is 159 Å². The Balaban J connectivity index is 0.000000157. The number of fused-ring (bicyclic) bond motifs is 4. The molecule has 4 aliphatic heterocycles. The van der Waals surface area contributed by atoms with E-state index in [1.54, 1.807) is 116 Å². The van der Waals surface area contributed by atoms with Crippen molar-refractivity contribution in [3.8, 4) is 0 Å². The van der Waals surface area contributed by atoms with Crippen LogP contribution in [-0.2, 0) is 90.7 Å². The Morgan fingerprint density at radius 2 is 0.636 bits per heavy atom. The Bertz CT molecular complexity index is 4460. The second-order valence-corrected chi connectivity index (χ2v) is 26.4. The minimum Gasteiger partial charge on any atom is -0.480 e. The van der Waals surface area contributed by atoms with Gasteiger partial charge >= 0.3 is 17.9 Å². The standard InChI is InChI=1S/C24H23N3O5.C19H21N3O4.2C19H20N2O5/c28-22(26-16-6-2-1-3-7-16)12-11-21(24(30)31)27-15-19-18(23(27)29)9-4-10-20(19)25-14-17-8-5-13-32-17;1-12(23)7-8-17(18(20)24)22-11-15-14(19(22)25)5-2-6-16(15)21-10-13-4-3-9-26-13;2*1-12(22)7-8-17(19(24)25)21-11-15-14(18(21)23)5-2-6-16(15)20-10-13-4-3-9-26-13/h1-10,13,21,25H,11-12,14-15H2,(H,26,28)(H,30,31);2-6,9,17,21H,7-8,10-11H2,1H3,(H2,20,24);2*2-6,9,17,20H,7-8,10-11H2,1H3,(H,24,25). The first-order valence-corrected chi connectivity index (χ1v) is 35.5. The van der Waals surface area contributed by atoms with Crippen LogP contribution in [0.25, 0.3) is 0 Å². The Labute approximate surface area is 631 Å². The van der Waals surface area contributed by atoms with Gasteiger partial charge in [0.25, 0.3) is 23.6 Å². The second kappa shape index (κ2) is 37.3. The smallest absolute Gasteiger partial charge is 0.326 e. The zero-order valence-electron chi connectivity index (χ0n) is 60.6. The highest BCUT2D eigenvalue weighted by Crippen LogP contribution is 2.37. The van der Waals surface area contributed by atoms with Gasteiger partial charge in [0.1, 0.15) is 64.6 Å². The van der Waals surface area contributed by atoms with Gasteiger partial charge in [-0.2, -0.15) is 0 Å². The number of furan rings is 4. The molecule has 4 aliphatic rings. The number of aliphatic carboxylic acids is 3. The number of Topliss-reactive ketones (excluding diaryl/α,β-unsaturated/α-hetero) is 3. The van der Waals surface area contributed by atoms with E-state index in [1.165, 1.54) is 40.4 Å². The van der Waals surface area contributed by atoms with E-state index in [4.69, 9.17) is 23.4 Å². The van der Waals surface area contributed by atoms with Gasteiger partial charge in [0.2, 0.25) is 11.8 Å². The molecule has 4 unspecified atom stereocenters. The molecule has 0 radical (unpaired) electrons. The molecule has 0 fully saturated rings. The van der Waals surface area contributed by atoms with Gasteiger partial charge in [-0.05, 0) is 156 Å². The molecule has 13 rings (SSSR count). The average molecular weight is 1500 g/mol. The normalized spacial score (nSPS) is 14.0. The van der Waals surface area contributed by atoms with Crippen LogP contribution < -0.4 is 32.3 Å². The van der Waals surface area contributed by atoms with E-state index in [0.29, 0.717) is 54.1 Å². The number of rotatable bonds is 33. The number of carboxylic acids is 3. The van der Waals surface area contributed by atoms with Crippen LogP contribution in [0.4, 0.5) is 28.4 Å². The van der Waals surface area contributed by atoms with E-state index in [9.17, 15) is 72.9 Å². The van der Waals surface area contributed by atoms with Crippen LogP contribution in [0.3, 0.4) is 0 Å². The van der Waals surface area contributed by atoms with Crippen molar-refractivity contribution in [2.75, 3.05) is 26.6 Å². The molecule has 572 valence electrons. The first-order chi connectivity index (χ1) is 52.9. The van der Waals surface area contributed by atoms with Gasteiger partial charge in [-0.25, -0.2) is 14.4 Å². The van der Waals surface area contributed by atoms with Crippen molar-refractivity contribution in [2.24, 2.45) is 5.73 Å². The number of carboxylic acid groups (broad SMARTS) is 3. The number of para-hydroxylation sites is 1. The van der Waals surface area contributed by atoms with E-state index in [2.05, 4.69) is 26.6 Å². The monoisotopic (exact) mass is 1500 g/mol. The third-order valence-corrected chi connectivity index (χ3v) is 18.8. The fourth-order valence-corrected chi connectivity index (χ4v) is 13.2. The van der Waals surface area contributed by atoms with Gasteiger partial charge in [-0.1, -0.05) is 42.5 Å². The molecule has 0 saturated heterocycles. The fraction of sp³-hybridized carbons (Fsp3) is 0.284. The van der Waals surface area contributed by atoms with Crippen molar-refractivity contribution >= 4 is 99.1 Å². The van der Waals surface area contributed by atoms with Crippen LogP contribution in [-0.4, -0.2) is 130 Å². The number of carbonyl (C=O) groups is 12. The van der Waals surface area contributed by atoms with E-state index in [-0.39, 0.29) is 124 Å². The van der Waals surface area contributed by atoms with E-state index < -0.39 is 48.0 Å². The minimum absolute atomic E-state index is 0.0168. The highest BCUT2D eigenvalue weighted by atomic mass is 16.4. The molecule has 10 N–H and O–H groups in total. The van der Waals surface area contributed by atoms with Gasteiger partial charge < -0.3 is 99.3 Å². The van der Waals surface area contributed by atoms with Gasteiger partial charge in [-0.15, -0.1) is 0 Å². The lowest BCUT2D eigenvalue weighted by atomic mass is 10.1. The summed E-state index contributed by atoms with van der Waals surface area (Å²) in [4.78, 5) is 150. The topological polar surface area (TPSA) is 417 Å². The second-order valence-electron chi connectivity index (χ2n) is 26.4. The number of carbonyl (C=O) groups excluding carboxylic acids is 9. The highest BCUT2D eigenvalue weighted by Gasteiger charge is 2.42. The summed E-state index contributed by atoms with van der Waals surface area (Å²) in [6.45, 7) is 6.97. The van der Waals surface area contributed by atoms with Crippen LogP contribution in [0.5, 0.6) is 0 Å². The lowest BCUT2D eigenvalue weighted by Gasteiger charge is -2.24. The predicted molar refractivity (Wildman–Crippen MR) is 401 cm³/mol. The Morgan fingerprint density at radius 3 is 0.891 bits per heavy atom. The number of nitrogens with two attached hydrogens (primary N) is 1. The molecule has 29 nitrogen and oxygen atoms in total. The molecule has 9 aromatic rings. The molecular weight excluding hydrogens is 1420 g/mol. The van der Waals surface area contributed by atoms with Crippen molar-refractivity contribution in [2.45, 2.75) is 149 Å². The van der Waals surface area contributed by atoms with Crippen molar-refractivity contribution < 1.29 is 90.5 Å². The van der Waals surface area contributed by atoms with E-state index in [1.807, 2.05) is 60.7 Å². The van der Waals surface area contributed by atoms with Gasteiger partial charge in [-0.3, -0.25) is 28.8 Å². The molecule has 4 aromatic heterocycles. The summed E-state index contributed by atoms with van der Waals surface area (Å²) >= 11 is 0. The fourth-order valence-electron chi connectivity index (χ4n) is 13.2. The number of hydrogen-bond acceptors (Lipinski definition) is 20. The summed E-state index contributed by atoms with van der Waals surface area (Å²) in [6, 6.07) is 40.9. The van der Waals surface area contributed by atoms with Gasteiger partial charge in [0.15, 0.2) is 0 Å². The maximum Gasteiger partial charge on any atom is 0.326 e. The number of benzene rings is 5. The molecular formula is C81H84N10O19. The van der Waals surface area contributed by atoms with Crippen LogP contribution >= 0.6 is 0 Å². The van der Waals surface area contributed by atoms with Crippen LogP contribution in [0.15, 0.2) is 194 Å². The highest BCUT2D eigenvalue weighted by molar-refractivity contribution is 6.05. The first kappa shape index (κ1) is 79.2. The third-order valence-electron chi connectivity index (χ3n) is 18.8. The summed E-state index contributed by atoms with van der Waals surface area (Å²) in [5.41, 5.74) is 14.3. The van der Waals surface area contributed by atoms with Gasteiger partial charge in [0.05, 0.1) is 51.2 Å². The average Bonchev–Trinajstić information content (AvgIpc) is 1.65. The van der Waals surface area contributed by atoms with E-state index in [0.717, 1.165) is 68.0 Å². The molecule has 5 aromatic carbocycles. The zero-order valence-corrected chi connectivity index (χ0v) is 60.6. The van der Waals surface area contributed by atoms with Crippen LogP contribution in [0, 0.1) is 0 Å². The molecule has 0 spiro atoms. The van der Waals surface area contributed by atoms with Crippen molar-refractivity contribution in [3.63, 3.8) is 0 Å². The first-order valence-electron chi connectivity index (χ1n) is 35.5. The number of primary amides is 1. The SMILES string of the molecule is CC(=O)CCC(C(=O)O)N1Cc2c(NCc3ccco3)cccc2C1=O.CC(=O)CCC(C(=O)O)N1Cc2c(NCc3ccco3)cccc2C1=O.CC(=O)CCC(C(N)=O)N1Cc2c(NCc3ccco3)cccc2C1=O.O=C(CCC(C(=O)O)N1Cc2c(NCc3ccco3)cccc2C1=O)Nc1ccccc1. The Morgan fingerprint density at radius 1 is 0.364 bits per heavy atom. The summed E-state index contributed by atoms with van der Waals surface area (Å²) in [7, 11) is 0. The summed E-state index contributed by atoms with van der Waals surface area (Å²) in [5.74, 6) is -2.66. The third kappa shape index (κ3) is 20.2. The molecule has 0 saturated carbocycles. The maximum atomic E-state index is 13.0. The largest absolute Gasteiger partial charge is 0.480 e. The number of nitrogens with one attached hydrogen (secondary N) is 5. The Kier molecular flexibility index (Phi) is 26.8. The van der Waals surface area contributed by atoms with E-state index >= 15 is 0 Å². The lowest BCUT2D eigenvalue weighted by molar-refractivity contribution is -0.143. The molecule has 6 amide bonds. The number of hydrogen-bond donors (Lipinski definition) is 9. The predicted octanol–water partition coefficient (Wildman–Crippen LogP) is 11.1. The summed E-state index contributed by atoms with van der Waals surface area (Å²) in [5, 5.41) is 44.5. The van der Waals surface area contributed by atoms with Crippen molar-refractivity contribution in [1.82, 2.24) is 19.6 Å². The van der Waals surface area contributed by atoms with Gasteiger partial charge in [0, 0.05) is 125 Å². The zero-order chi connectivity index (χ0) is 78.5. The molecule has 0 aliphatic carbocycles.